The molecular weight excluding hydrogens is 276 g/mol. The van der Waals surface area contributed by atoms with E-state index < -0.39 is 10.0 Å². The lowest BCUT2D eigenvalue weighted by Gasteiger charge is -2.08. The van der Waals surface area contributed by atoms with Gasteiger partial charge in [-0.3, -0.25) is 4.68 Å². The molecule has 2 unspecified atom stereocenters. The molecule has 102 valence electrons. The third kappa shape index (κ3) is 2.05. The monoisotopic (exact) mass is 292 g/mol. The van der Waals surface area contributed by atoms with Crippen molar-refractivity contribution in [3.05, 3.63) is 11.9 Å². The summed E-state index contributed by atoms with van der Waals surface area (Å²) < 4.78 is 28.7. The molecule has 1 aliphatic carbocycles. The van der Waals surface area contributed by atoms with E-state index in [-0.39, 0.29) is 23.3 Å². The summed E-state index contributed by atoms with van der Waals surface area (Å²) in [7, 11) is -1.67. The van der Waals surface area contributed by atoms with E-state index in [9.17, 15) is 8.42 Å². The Morgan fingerprint density at radius 2 is 2.06 bits per heavy atom. The second kappa shape index (κ2) is 4.48. The molecule has 8 heteroatoms. The normalized spacial score (nSPS) is 29.8. The average molecular weight is 293 g/mol. The van der Waals surface area contributed by atoms with Crippen LogP contribution >= 0.6 is 12.4 Å². The van der Waals surface area contributed by atoms with Crippen LogP contribution < -0.4 is 10.0 Å². The van der Waals surface area contributed by atoms with Crippen molar-refractivity contribution in [3.63, 3.8) is 0 Å². The van der Waals surface area contributed by atoms with Gasteiger partial charge in [-0.15, -0.1) is 12.4 Å². The summed E-state index contributed by atoms with van der Waals surface area (Å²) in [5, 5.41) is 7.21. The zero-order valence-corrected chi connectivity index (χ0v) is 11.9. The third-order valence-electron chi connectivity index (χ3n) is 3.86. The molecule has 1 saturated carbocycles. The van der Waals surface area contributed by atoms with Crippen LogP contribution in [0.25, 0.3) is 0 Å². The Morgan fingerprint density at radius 1 is 1.44 bits per heavy atom. The summed E-state index contributed by atoms with van der Waals surface area (Å²) in [5.41, 5.74) is 0.668. The van der Waals surface area contributed by atoms with Crippen molar-refractivity contribution in [2.24, 2.45) is 18.9 Å². The molecule has 0 bridgehead atoms. The molecule has 0 radical (unpaired) electrons. The molecule has 1 aromatic heterocycles. The third-order valence-corrected chi connectivity index (χ3v) is 5.42. The van der Waals surface area contributed by atoms with E-state index in [1.165, 1.54) is 6.20 Å². The van der Waals surface area contributed by atoms with Crippen molar-refractivity contribution in [1.82, 2.24) is 19.8 Å². The van der Waals surface area contributed by atoms with Gasteiger partial charge in [0.1, 0.15) is 4.90 Å². The smallest absolute Gasteiger partial charge is 0.244 e. The standard InChI is InChI=1S/C10H16N4O2S.ClH/c1-6-9(5-12-14(6)2)17(15,16)13-10-7-3-11-4-8(7)10;/h5,7-8,10-11,13H,3-4H2,1-2H3;1H. The van der Waals surface area contributed by atoms with Gasteiger partial charge >= 0.3 is 0 Å². The van der Waals surface area contributed by atoms with Crippen LogP contribution in [0.5, 0.6) is 0 Å². The highest BCUT2D eigenvalue weighted by atomic mass is 35.5. The number of aryl methyl sites for hydroxylation is 1. The van der Waals surface area contributed by atoms with Crippen LogP contribution in [0.1, 0.15) is 5.69 Å². The van der Waals surface area contributed by atoms with Crippen molar-refractivity contribution >= 4 is 22.4 Å². The highest BCUT2D eigenvalue weighted by molar-refractivity contribution is 7.89. The lowest BCUT2D eigenvalue weighted by Crippen LogP contribution is -2.32. The highest BCUT2D eigenvalue weighted by Gasteiger charge is 2.54. The molecule has 0 spiro atoms. The molecule has 1 saturated heterocycles. The maximum absolute atomic E-state index is 12.2. The van der Waals surface area contributed by atoms with Gasteiger partial charge in [0.25, 0.3) is 0 Å². The van der Waals surface area contributed by atoms with Crippen LogP contribution in [0, 0.1) is 18.8 Å². The second-order valence-electron chi connectivity index (χ2n) is 4.85. The summed E-state index contributed by atoms with van der Waals surface area (Å²) in [4.78, 5) is 0.290. The van der Waals surface area contributed by atoms with Gasteiger partial charge in [-0.25, -0.2) is 13.1 Å². The Hall–Kier alpha value is -0.630. The summed E-state index contributed by atoms with van der Waals surface area (Å²) in [6.07, 6.45) is 1.41. The van der Waals surface area contributed by atoms with Crippen LogP contribution in [-0.4, -0.2) is 37.3 Å². The van der Waals surface area contributed by atoms with Gasteiger partial charge in [0.05, 0.1) is 11.9 Å². The van der Waals surface area contributed by atoms with Crippen molar-refractivity contribution in [1.29, 1.82) is 0 Å². The number of sulfonamides is 1. The lowest BCUT2D eigenvalue weighted by molar-refractivity contribution is 0.564. The van der Waals surface area contributed by atoms with Crippen molar-refractivity contribution < 1.29 is 8.42 Å². The highest BCUT2D eigenvalue weighted by Crippen LogP contribution is 2.42. The second-order valence-corrected chi connectivity index (χ2v) is 6.53. The number of piperidine rings is 1. The van der Waals surface area contributed by atoms with Gasteiger partial charge in [0.2, 0.25) is 10.0 Å². The van der Waals surface area contributed by atoms with E-state index in [1.54, 1.807) is 18.7 Å². The SMILES string of the molecule is Cc1c(S(=O)(=O)NC2C3CNCC32)cnn1C.Cl. The number of aromatic nitrogens is 2. The van der Waals surface area contributed by atoms with Crippen molar-refractivity contribution in [2.45, 2.75) is 17.9 Å². The minimum atomic E-state index is -3.41. The average Bonchev–Trinajstić information content (AvgIpc) is 2.69. The maximum atomic E-state index is 12.2. The zero-order chi connectivity index (χ0) is 12.2. The fourth-order valence-electron chi connectivity index (χ4n) is 2.58. The molecule has 3 rings (SSSR count). The first-order valence-corrected chi connectivity index (χ1v) is 7.20. The first kappa shape index (κ1) is 13.8. The zero-order valence-electron chi connectivity index (χ0n) is 10.3. The quantitative estimate of drug-likeness (QED) is 0.798. The van der Waals surface area contributed by atoms with E-state index in [4.69, 9.17) is 0 Å². The summed E-state index contributed by atoms with van der Waals surface area (Å²) in [6, 6.07) is 0.112. The minimum absolute atomic E-state index is 0. The van der Waals surface area contributed by atoms with Gasteiger partial charge in [-0.05, 0) is 31.8 Å². The number of halogens is 1. The van der Waals surface area contributed by atoms with E-state index in [2.05, 4.69) is 15.1 Å². The number of hydrogen-bond donors (Lipinski definition) is 2. The topological polar surface area (TPSA) is 76.0 Å². The molecular formula is C10H17ClN4O2S. The molecule has 6 nitrogen and oxygen atoms in total. The first-order valence-electron chi connectivity index (χ1n) is 5.72. The molecule has 0 amide bonds. The fourth-order valence-corrected chi connectivity index (χ4v) is 4.12. The Balaban J connectivity index is 0.00000120. The van der Waals surface area contributed by atoms with Gasteiger partial charge < -0.3 is 5.32 Å². The van der Waals surface area contributed by atoms with Crippen LogP contribution in [0.3, 0.4) is 0 Å². The van der Waals surface area contributed by atoms with Crippen LogP contribution in [0.4, 0.5) is 0 Å². The van der Waals surface area contributed by atoms with Gasteiger partial charge in [0.15, 0.2) is 0 Å². The maximum Gasteiger partial charge on any atom is 0.244 e. The molecule has 0 aromatic carbocycles. The molecule has 2 fully saturated rings. The Labute approximate surface area is 113 Å². The van der Waals surface area contributed by atoms with Gasteiger partial charge in [-0.2, -0.15) is 5.10 Å². The van der Waals surface area contributed by atoms with E-state index >= 15 is 0 Å². The molecule has 2 atom stereocenters. The van der Waals surface area contributed by atoms with Crippen LogP contribution in [-0.2, 0) is 17.1 Å². The molecule has 1 aromatic rings. The Kier molecular flexibility index (Phi) is 3.44. The number of rotatable bonds is 3. The Morgan fingerprint density at radius 3 is 2.56 bits per heavy atom. The summed E-state index contributed by atoms with van der Waals surface area (Å²) in [6.45, 7) is 3.60. The van der Waals surface area contributed by atoms with Crippen LogP contribution in [0.15, 0.2) is 11.1 Å². The number of nitrogens with one attached hydrogen (secondary N) is 2. The van der Waals surface area contributed by atoms with E-state index in [0.29, 0.717) is 17.5 Å². The largest absolute Gasteiger partial charge is 0.316 e. The molecule has 1 aliphatic heterocycles. The molecule has 2 heterocycles. The van der Waals surface area contributed by atoms with E-state index in [0.717, 1.165) is 13.1 Å². The lowest BCUT2D eigenvalue weighted by atomic mass is 10.4. The van der Waals surface area contributed by atoms with Gasteiger partial charge in [0, 0.05) is 13.1 Å². The minimum Gasteiger partial charge on any atom is -0.316 e. The molecule has 18 heavy (non-hydrogen) atoms. The summed E-state index contributed by atoms with van der Waals surface area (Å²) in [5.74, 6) is 0.948. The van der Waals surface area contributed by atoms with Gasteiger partial charge in [-0.1, -0.05) is 0 Å². The first-order chi connectivity index (χ1) is 8.00. The fraction of sp³-hybridized carbons (Fsp3) is 0.700. The Bertz CT molecular complexity index is 546. The summed E-state index contributed by atoms with van der Waals surface area (Å²) >= 11 is 0. The number of hydrogen-bond acceptors (Lipinski definition) is 4. The number of nitrogens with zero attached hydrogens (tertiary/aromatic N) is 2. The van der Waals surface area contributed by atoms with Crippen molar-refractivity contribution in [3.8, 4) is 0 Å². The predicted molar refractivity (Wildman–Crippen MR) is 69.2 cm³/mol. The molecule has 2 aliphatic rings. The predicted octanol–water partition coefficient (Wildman–Crippen LogP) is -0.354. The van der Waals surface area contributed by atoms with Crippen LogP contribution in [0.2, 0.25) is 0 Å². The number of fused-ring (bicyclic) bond motifs is 1. The van der Waals surface area contributed by atoms with E-state index in [1.807, 2.05) is 0 Å². The van der Waals surface area contributed by atoms with Crippen molar-refractivity contribution in [2.75, 3.05) is 13.1 Å². The molecule has 2 N–H and O–H groups in total.